The van der Waals surface area contributed by atoms with Gasteiger partial charge in [0.25, 0.3) is 5.91 Å². The van der Waals surface area contributed by atoms with E-state index in [1.54, 1.807) is 13.2 Å². The largest absolute Gasteiger partial charge is 0.496 e. The van der Waals surface area contributed by atoms with Gasteiger partial charge in [0, 0.05) is 49.7 Å². The topological polar surface area (TPSA) is 44.8 Å². The highest BCUT2D eigenvalue weighted by Crippen LogP contribution is 2.27. The Kier molecular flexibility index (Phi) is 6.64. The smallest absolute Gasteiger partial charge is 0.259 e. The number of piperazine rings is 1. The molecule has 0 spiro atoms. The Morgan fingerprint density at radius 3 is 2.23 bits per heavy atom. The lowest BCUT2D eigenvalue weighted by Gasteiger charge is -2.36. The molecule has 0 bridgehead atoms. The maximum Gasteiger partial charge on any atom is 0.259 e. The quantitative estimate of drug-likeness (QED) is 0.402. The monoisotopic (exact) mass is 469 g/mol. The zero-order valence-electron chi connectivity index (χ0n) is 19.7. The number of nitrogens with zero attached hydrogens (tertiary/aromatic N) is 2. The van der Waals surface area contributed by atoms with Crippen LogP contribution in [0.1, 0.15) is 15.9 Å². The van der Waals surface area contributed by atoms with Crippen molar-refractivity contribution < 1.29 is 13.9 Å². The Morgan fingerprint density at radius 2 is 1.54 bits per heavy atom. The van der Waals surface area contributed by atoms with Crippen LogP contribution >= 0.6 is 0 Å². The molecule has 0 unspecified atom stereocenters. The number of nitrogens with one attached hydrogen (secondary N) is 1. The highest BCUT2D eigenvalue weighted by atomic mass is 19.1. The number of halogens is 1. The molecule has 0 saturated carbocycles. The maximum atomic E-state index is 14.0. The third kappa shape index (κ3) is 5.12. The lowest BCUT2D eigenvalue weighted by molar-refractivity contribution is 0.102. The zero-order valence-corrected chi connectivity index (χ0v) is 19.7. The summed E-state index contributed by atoms with van der Waals surface area (Å²) in [5.41, 5.74) is 3.08. The van der Waals surface area contributed by atoms with Crippen LogP contribution in [-0.2, 0) is 6.54 Å². The third-order valence-electron chi connectivity index (χ3n) is 6.53. The number of methoxy groups -OCH3 is 1. The fourth-order valence-electron chi connectivity index (χ4n) is 4.55. The summed E-state index contributed by atoms with van der Waals surface area (Å²) in [6.07, 6.45) is 0. The first-order chi connectivity index (χ1) is 17.1. The van der Waals surface area contributed by atoms with Gasteiger partial charge in [-0.25, -0.2) is 4.39 Å². The number of anilines is 2. The predicted octanol–water partition coefficient (Wildman–Crippen LogP) is 5.56. The van der Waals surface area contributed by atoms with Crippen LogP contribution in [0.15, 0.2) is 84.9 Å². The molecular weight excluding hydrogens is 441 g/mol. The molecule has 1 N–H and O–H groups in total. The predicted molar refractivity (Wildman–Crippen MR) is 139 cm³/mol. The Labute approximate surface area is 204 Å². The normalized spacial score (nSPS) is 14.2. The fourth-order valence-corrected chi connectivity index (χ4v) is 4.55. The number of ether oxygens (including phenoxy) is 1. The van der Waals surface area contributed by atoms with Crippen LogP contribution in [0.3, 0.4) is 0 Å². The molecule has 178 valence electrons. The van der Waals surface area contributed by atoms with Gasteiger partial charge in [0.1, 0.15) is 11.6 Å². The first kappa shape index (κ1) is 22.9. The number of hydrogen-bond donors (Lipinski definition) is 1. The second-order valence-corrected chi connectivity index (χ2v) is 8.76. The van der Waals surface area contributed by atoms with Gasteiger partial charge >= 0.3 is 0 Å². The van der Waals surface area contributed by atoms with Crippen molar-refractivity contribution in [2.45, 2.75) is 6.54 Å². The average molecular weight is 470 g/mol. The van der Waals surface area contributed by atoms with Gasteiger partial charge in [0.2, 0.25) is 0 Å². The third-order valence-corrected chi connectivity index (χ3v) is 6.53. The summed E-state index contributed by atoms with van der Waals surface area (Å²) in [5, 5.41) is 5.00. The molecule has 1 aliphatic heterocycles. The molecule has 5 nitrogen and oxygen atoms in total. The van der Waals surface area contributed by atoms with E-state index in [1.165, 1.54) is 6.07 Å². The molecular formula is C29H28FN3O2. The van der Waals surface area contributed by atoms with E-state index in [0.29, 0.717) is 17.9 Å². The van der Waals surface area contributed by atoms with Gasteiger partial charge in [-0.1, -0.05) is 42.5 Å². The number of fused-ring (bicyclic) bond motifs is 1. The number of amides is 1. The lowest BCUT2D eigenvalue weighted by Crippen LogP contribution is -2.46. The van der Waals surface area contributed by atoms with Crippen LogP contribution in [0.4, 0.5) is 15.8 Å². The molecule has 0 radical (unpaired) electrons. The van der Waals surface area contributed by atoms with Gasteiger partial charge in [-0.15, -0.1) is 0 Å². The van der Waals surface area contributed by atoms with Crippen molar-refractivity contribution in [2.24, 2.45) is 0 Å². The van der Waals surface area contributed by atoms with Crippen LogP contribution < -0.4 is 15.0 Å². The molecule has 6 heteroatoms. The maximum absolute atomic E-state index is 14.0. The molecule has 0 atom stereocenters. The van der Waals surface area contributed by atoms with E-state index < -0.39 is 0 Å². The Bertz CT molecular complexity index is 1330. The summed E-state index contributed by atoms with van der Waals surface area (Å²) in [5.74, 6) is 0.196. The van der Waals surface area contributed by atoms with Gasteiger partial charge < -0.3 is 15.0 Å². The molecule has 4 aromatic rings. The number of hydrogen-bond acceptors (Lipinski definition) is 4. The van der Waals surface area contributed by atoms with Crippen molar-refractivity contribution in [3.63, 3.8) is 0 Å². The molecule has 1 aliphatic rings. The first-order valence-electron chi connectivity index (χ1n) is 11.8. The number of rotatable bonds is 6. The van der Waals surface area contributed by atoms with Crippen molar-refractivity contribution in [1.29, 1.82) is 0 Å². The molecule has 1 amide bonds. The highest BCUT2D eigenvalue weighted by Gasteiger charge is 2.19. The highest BCUT2D eigenvalue weighted by molar-refractivity contribution is 6.08. The van der Waals surface area contributed by atoms with E-state index in [9.17, 15) is 9.18 Å². The van der Waals surface area contributed by atoms with Crippen molar-refractivity contribution in [3.8, 4) is 5.75 Å². The molecule has 35 heavy (non-hydrogen) atoms. The fraction of sp³-hybridized carbons (Fsp3) is 0.207. The van der Waals surface area contributed by atoms with Crippen LogP contribution in [0.5, 0.6) is 5.75 Å². The molecule has 0 aliphatic carbocycles. The summed E-state index contributed by atoms with van der Waals surface area (Å²) >= 11 is 0. The summed E-state index contributed by atoms with van der Waals surface area (Å²) in [7, 11) is 1.58. The number of carbonyl (C=O) groups excluding carboxylic acids is 1. The Hall–Kier alpha value is -3.90. The van der Waals surface area contributed by atoms with Crippen LogP contribution in [0.25, 0.3) is 10.8 Å². The standard InChI is InChI=1S/C29H28FN3O2/c1-35-28-19-22-7-3-2-6-21(22)18-26(28)29(34)31-24-10-12-25(13-11-24)33-16-14-32(15-17-33)20-23-8-4-5-9-27(23)30/h2-13,18-19H,14-17,20H2,1H3,(H,31,34). The minimum Gasteiger partial charge on any atom is -0.496 e. The molecule has 1 fully saturated rings. The summed E-state index contributed by atoms with van der Waals surface area (Å²) in [6, 6.07) is 26.5. The summed E-state index contributed by atoms with van der Waals surface area (Å²) < 4.78 is 19.4. The van der Waals surface area contributed by atoms with E-state index >= 15 is 0 Å². The van der Waals surface area contributed by atoms with E-state index in [-0.39, 0.29) is 11.7 Å². The Morgan fingerprint density at radius 1 is 0.886 bits per heavy atom. The van der Waals surface area contributed by atoms with E-state index in [2.05, 4.69) is 15.1 Å². The molecule has 0 aromatic heterocycles. The van der Waals surface area contributed by atoms with Gasteiger partial charge in [-0.05, 0) is 53.2 Å². The summed E-state index contributed by atoms with van der Waals surface area (Å²) in [4.78, 5) is 17.6. The van der Waals surface area contributed by atoms with E-state index in [1.807, 2.05) is 72.8 Å². The average Bonchev–Trinajstić information content (AvgIpc) is 2.90. The van der Waals surface area contributed by atoms with Crippen molar-refractivity contribution in [3.05, 3.63) is 102 Å². The van der Waals surface area contributed by atoms with Crippen LogP contribution in [-0.4, -0.2) is 44.1 Å². The van der Waals surface area contributed by atoms with Crippen molar-refractivity contribution in [1.82, 2.24) is 4.90 Å². The van der Waals surface area contributed by atoms with E-state index in [0.717, 1.165) is 53.9 Å². The van der Waals surface area contributed by atoms with Gasteiger partial charge in [0.15, 0.2) is 0 Å². The van der Waals surface area contributed by atoms with Crippen molar-refractivity contribution in [2.75, 3.05) is 43.5 Å². The molecule has 4 aromatic carbocycles. The SMILES string of the molecule is COc1cc2ccccc2cc1C(=O)Nc1ccc(N2CCN(Cc3ccccc3F)CC2)cc1. The van der Waals surface area contributed by atoms with Crippen molar-refractivity contribution >= 4 is 28.1 Å². The minimum absolute atomic E-state index is 0.145. The molecule has 1 heterocycles. The Balaban J connectivity index is 1.21. The summed E-state index contributed by atoms with van der Waals surface area (Å²) in [6.45, 7) is 4.11. The second-order valence-electron chi connectivity index (χ2n) is 8.76. The molecule has 5 rings (SSSR count). The number of carbonyl (C=O) groups is 1. The van der Waals surface area contributed by atoms with Crippen LogP contribution in [0.2, 0.25) is 0 Å². The first-order valence-corrected chi connectivity index (χ1v) is 11.8. The van der Waals surface area contributed by atoms with Gasteiger partial charge in [0.05, 0.1) is 12.7 Å². The van der Waals surface area contributed by atoms with E-state index in [4.69, 9.17) is 4.74 Å². The molecule has 1 saturated heterocycles. The van der Waals surface area contributed by atoms with Gasteiger partial charge in [-0.3, -0.25) is 9.69 Å². The minimum atomic E-state index is -0.206. The number of benzene rings is 4. The van der Waals surface area contributed by atoms with Gasteiger partial charge in [-0.2, -0.15) is 0 Å². The lowest BCUT2D eigenvalue weighted by atomic mass is 10.1. The second kappa shape index (κ2) is 10.2. The zero-order chi connectivity index (χ0) is 24.2. The van der Waals surface area contributed by atoms with Crippen LogP contribution in [0, 0.1) is 5.82 Å².